The lowest BCUT2D eigenvalue weighted by Crippen LogP contribution is -2.16. The van der Waals surface area contributed by atoms with E-state index in [9.17, 15) is 18.0 Å². The van der Waals surface area contributed by atoms with Crippen LogP contribution in [0.5, 0.6) is 11.5 Å². The van der Waals surface area contributed by atoms with Crippen molar-refractivity contribution in [1.29, 1.82) is 0 Å². The van der Waals surface area contributed by atoms with Crippen molar-refractivity contribution >= 4 is 11.7 Å². The molecular formula is C20H22F3NO4. The van der Waals surface area contributed by atoms with Gasteiger partial charge in [-0.25, -0.2) is 0 Å². The molecule has 0 aliphatic carbocycles. The number of anilines is 1. The quantitative estimate of drug-likeness (QED) is 0.368. The van der Waals surface area contributed by atoms with Crippen molar-refractivity contribution in [1.82, 2.24) is 0 Å². The van der Waals surface area contributed by atoms with Crippen LogP contribution < -0.4 is 15.2 Å². The Kier molecular flexibility index (Phi) is 7.54. The monoisotopic (exact) mass is 397 g/mol. The molecule has 0 bridgehead atoms. The standard InChI is InChI=1S/C20H22F3NO4/c1-14(25)26-11-3-2-4-12-27-19-10-7-16(13-18(19)24)15-5-8-17(9-6-15)28-20(21,22)23/h5-10,13H,2-4,11-12,24H2,1H3. The molecule has 0 radical (unpaired) electrons. The summed E-state index contributed by atoms with van der Waals surface area (Å²) in [6.07, 6.45) is -2.29. The summed E-state index contributed by atoms with van der Waals surface area (Å²) in [7, 11) is 0. The van der Waals surface area contributed by atoms with E-state index in [0.717, 1.165) is 24.8 Å². The van der Waals surface area contributed by atoms with Gasteiger partial charge in [-0.05, 0) is 54.7 Å². The number of alkyl halides is 3. The number of unbranched alkanes of at least 4 members (excludes halogenated alkanes) is 2. The van der Waals surface area contributed by atoms with Gasteiger partial charge in [-0.15, -0.1) is 13.2 Å². The van der Waals surface area contributed by atoms with E-state index in [2.05, 4.69) is 4.74 Å². The fourth-order valence-electron chi connectivity index (χ4n) is 2.49. The first-order valence-electron chi connectivity index (χ1n) is 8.76. The Morgan fingerprint density at radius 1 is 0.964 bits per heavy atom. The Balaban J connectivity index is 1.85. The van der Waals surface area contributed by atoms with Gasteiger partial charge >= 0.3 is 12.3 Å². The van der Waals surface area contributed by atoms with Crippen LogP contribution in [0.2, 0.25) is 0 Å². The van der Waals surface area contributed by atoms with Gasteiger partial charge in [-0.3, -0.25) is 4.79 Å². The maximum atomic E-state index is 12.2. The average molecular weight is 397 g/mol. The zero-order valence-corrected chi connectivity index (χ0v) is 15.4. The number of carbonyl (C=O) groups excluding carboxylic acids is 1. The molecule has 0 atom stereocenters. The SMILES string of the molecule is CC(=O)OCCCCCOc1ccc(-c2ccc(OC(F)(F)F)cc2)cc1N. The van der Waals surface area contributed by atoms with Crippen molar-refractivity contribution in [2.75, 3.05) is 18.9 Å². The maximum absolute atomic E-state index is 12.2. The third kappa shape index (κ3) is 7.38. The predicted molar refractivity (Wildman–Crippen MR) is 99.0 cm³/mol. The first-order valence-corrected chi connectivity index (χ1v) is 8.76. The third-order valence-corrected chi connectivity index (χ3v) is 3.78. The first kappa shape index (κ1) is 21.4. The molecule has 0 aromatic heterocycles. The van der Waals surface area contributed by atoms with Gasteiger partial charge in [0.1, 0.15) is 11.5 Å². The minimum Gasteiger partial charge on any atom is -0.491 e. The van der Waals surface area contributed by atoms with E-state index in [0.29, 0.717) is 30.2 Å². The molecule has 0 amide bonds. The van der Waals surface area contributed by atoms with Gasteiger partial charge in [-0.2, -0.15) is 0 Å². The molecule has 0 fully saturated rings. The third-order valence-electron chi connectivity index (χ3n) is 3.78. The highest BCUT2D eigenvalue weighted by Crippen LogP contribution is 2.31. The Hall–Kier alpha value is -2.90. The first-order chi connectivity index (χ1) is 13.2. The van der Waals surface area contributed by atoms with Crippen LogP contribution in [-0.2, 0) is 9.53 Å². The van der Waals surface area contributed by atoms with E-state index < -0.39 is 6.36 Å². The van der Waals surface area contributed by atoms with Crippen molar-refractivity contribution in [3.8, 4) is 22.6 Å². The van der Waals surface area contributed by atoms with Gasteiger partial charge in [0.05, 0.1) is 18.9 Å². The Labute approximate surface area is 161 Å². The van der Waals surface area contributed by atoms with Gasteiger partial charge < -0.3 is 19.9 Å². The van der Waals surface area contributed by atoms with Crippen LogP contribution in [0.4, 0.5) is 18.9 Å². The van der Waals surface area contributed by atoms with Crippen molar-refractivity contribution < 1.29 is 32.2 Å². The molecule has 2 aromatic carbocycles. The number of rotatable bonds is 9. The van der Waals surface area contributed by atoms with Gasteiger partial charge in [0.15, 0.2) is 0 Å². The fraction of sp³-hybridized carbons (Fsp3) is 0.350. The second-order valence-corrected chi connectivity index (χ2v) is 6.07. The summed E-state index contributed by atoms with van der Waals surface area (Å²) in [5.41, 5.74) is 7.91. The Morgan fingerprint density at radius 2 is 1.61 bits per heavy atom. The summed E-state index contributed by atoms with van der Waals surface area (Å²) in [6, 6.07) is 10.8. The highest BCUT2D eigenvalue weighted by molar-refractivity contribution is 5.71. The minimum atomic E-state index is -4.72. The van der Waals surface area contributed by atoms with E-state index in [1.807, 2.05) is 0 Å². The van der Waals surface area contributed by atoms with Crippen LogP contribution in [0.15, 0.2) is 42.5 Å². The molecule has 2 N–H and O–H groups in total. The minimum absolute atomic E-state index is 0.280. The van der Waals surface area contributed by atoms with Crippen LogP contribution >= 0.6 is 0 Å². The Bertz CT molecular complexity index is 776. The molecule has 0 aliphatic heterocycles. The van der Waals surface area contributed by atoms with Gasteiger partial charge in [0.25, 0.3) is 0 Å². The largest absolute Gasteiger partial charge is 0.573 e. The fourth-order valence-corrected chi connectivity index (χ4v) is 2.49. The molecule has 0 spiro atoms. The number of ether oxygens (including phenoxy) is 3. The number of hydrogen-bond acceptors (Lipinski definition) is 5. The zero-order chi connectivity index (χ0) is 20.6. The molecule has 8 heteroatoms. The van der Waals surface area contributed by atoms with Gasteiger partial charge in [0, 0.05) is 6.92 Å². The zero-order valence-electron chi connectivity index (χ0n) is 15.4. The summed E-state index contributed by atoms with van der Waals surface area (Å²) < 4.78 is 51.0. The maximum Gasteiger partial charge on any atom is 0.573 e. The molecule has 152 valence electrons. The van der Waals surface area contributed by atoms with E-state index >= 15 is 0 Å². The van der Waals surface area contributed by atoms with Crippen molar-refractivity contribution in [2.24, 2.45) is 0 Å². The van der Waals surface area contributed by atoms with Crippen molar-refractivity contribution in [2.45, 2.75) is 32.5 Å². The molecule has 0 unspecified atom stereocenters. The van der Waals surface area contributed by atoms with E-state index in [-0.39, 0.29) is 11.7 Å². The number of nitrogen functional groups attached to an aromatic ring is 1. The van der Waals surface area contributed by atoms with Gasteiger partial charge in [0.2, 0.25) is 0 Å². The molecular weight excluding hydrogens is 375 g/mol. The summed E-state index contributed by atoms with van der Waals surface area (Å²) in [4.78, 5) is 10.6. The van der Waals surface area contributed by atoms with Crippen LogP contribution in [0.25, 0.3) is 11.1 Å². The lowest BCUT2D eigenvalue weighted by molar-refractivity contribution is -0.274. The predicted octanol–water partition coefficient (Wildman–Crippen LogP) is 4.95. The van der Waals surface area contributed by atoms with Crippen LogP contribution in [0.1, 0.15) is 26.2 Å². The lowest BCUT2D eigenvalue weighted by atomic mass is 10.0. The number of halogens is 3. The number of nitrogens with two attached hydrogens (primary N) is 1. The number of benzene rings is 2. The molecule has 5 nitrogen and oxygen atoms in total. The smallest absolute Gasteiger partial charge is 0.491 e. The number of esters is 1. The number of carbonyl (C=O) groups is 1. The van der Waals surface area contributed by atoms with Gasteiger partial charge in [-0.1, -0.05) is 18.2 Å². The van der Waals surface area contributed by atoms with Crippen molar-refractivity contribution in [3.05, 3.63) is 42.5 Å². The normalized spacial score (nSPS) is 11.1. The summed E-state index contributed by atoms with van der Waals surface area (Å²) in [5.74, 6) is -0.0229. The molecule has 2 aromatic rings. The number of hydrogen-bond donors (Lipinski definition) is 1. The lowest BCUT2D eigenvalue weighted by Gasteiger charge is -2.12. The topological polar surface area (TPSA) is 70.8 Å². The summed E-state index contributed by atoms with van der Waals surface area (Å²) >= 11 is 0. The highest BCUT2D eigenvalue weighted by atomic mass is 19.4. The average Bonchev–Trinajstić information content (AvgIpc) is 2.61. The van der Waals surface area contributed by atoms with Crippen LogP contribution in [0.3, 0.4) is 0 Å². The van der Waals surface area contributed by atoms with E-state index in [1.54, 1.807) is 18.2 Å². The molecule has 0 saturated carbocycles. The molecule has 28 heavy (non-hydrogen) atoms. The molecule has 0 aliphatic rings. The second kappa shape index (κ2) is 9.87. The second-order valence-electron chi connectivity index (χ2n) is 6.07. The van der Waals surface area contributed by atoms with Crippen LogP contribution in [-0.4, -0.2) is 25.5 Å². The molecule has 0 saturated heterocycles. The van der Waals surface area contributed by atoms with E-state index in [4.69, 9.17) is 15.2 Å². The Morgan fingerprint density at radius 3 is 2.21 bits per heavy atom. The summed E-state index contributed by atoms with van der Waals surface area (Å²) in [6.45, 7) is 2.26. The van der Waals surface area contributed by atoms with E-state index in [1.165, 1.54) is 31.2 Å². The molecule has 2 rings (SSSR count). The van der Waals surface area contributed by atoms with Crippen LogP contribution in [0, 0.1) is 0 Å². The van der Waals surface area contributed by atoms with Crippen molar-refractivity contribution in [3.63, 3.8) is 0 Å². The highest BCUT2D eigenvalue weighted by Gasteiger charge is 2.30. The summed E-state index contributed by atoms with van der Waals surface area (Å²) in [5, 5.41) is 0. The molecule has 0 heterocycles.